The Morgan fingerprint density at radius 1 is 1.17 bits per heavy atom. The normalized spacial score (nSPS) is 22.9. The minimum atomic E-state index is -0.550. The molecule has 0 spiro atoms. The summed E-state index contributed by atoms with van der Waals surface area (Å²) in [6, 6.07) is 4.91. The highest BCUT2D eigenvalue weighted by Gasteiger charge is 2.44. The summed E-state index contributed by atoms with van der Waals surface area (Å²) >= 11 is 1.62. The number of hydrogen-bond acceptors (Lipinski definition) is 4. The molecule has 2 atom stereocenters. The summed E-state index contributed by atoms with van der Waals surface area (Å²) in [5.41, 5.74) is 5.77. The van der Waals surface area contributed by atoms with Crippen LogP contribution in [0.2, 0.25) is 0 Å². The molecule has 1 aromatic carbocycles. The van der Waals surface area contributed by atoms with Crippen LogP contribution in [-0.4, -0.2) is 57.8 Å². The minimum Gasteiger partial charge on any atom is -0.369 e. The minimum absolute atomic E-state index is 0.0814. The number of rotatable bonds is 5. The van der Waals surface area contributed by atoms with E-state index < -0.39 is 11.9 Å². The first-order valence-corrected chi connectivity index (χ1v) is 11.1. The number of nitrogens with zero attached hydrogens (tertiary/aromatic N) is 2. The van der Waals surface area contributed by atoms with E-state index in [-0.39, 0.29) is 29.0 Å². The van der Waals surface area contributed by atoms with Crippen molar-refractivity contribution in [3.8, 4) is 0 Å². The van der Waals surface area contributed by atoms with Crippen LogP contribution in [-0.2, 0) is 9.59 Å². The van der Waals surface area contributed by atoms with Crippen LogP contribution >= 0.6 is 11.8 Å². The number of thioether (sulfide) groups is 1. The van der Waals surface area contributed by atoms with Gasteiger partial charge in [0.2, 0.25) is 11.8 Å². The standard InChI is InChI=1S/C21H28FN3O3S/c1-13(2)11-18-25(20(27)15-3-5-16(22)6-4-15)17(12-29-18)21(28)24-9-7-14(8-10-24)19(23)26/h3-6,13-14,17-18H,7-12H2,1-2H3,(H2,23,26). The fourth-order valence-electron chi connectivity index (χ4n) is 3.95. The maximum atomic E-state index is 13.3. The first-order valence-electron chi connectivity index (χ1n) is 10.1. The number of hydrogen-bond donors (Lipinski definition) is 1. The number of primary amides is 1. The molecule has 8 heteroatoms. The van der Waals surface area contributed by atoms with Gasteiger partial charge >= 0.3 is 0 Å². The van der Waals surface area contributed by atoms with Gasteiger partial charge in [-0.15, -0.1) is 11.8 Å². The molecule has 1 aromatic rings. The number of halogens is 1. The Morgan fingerprint density at radius 3 is 2.34 bits per heavy atom. The second-order valence-electron chi connectivity index (χ2n) is 8.15. The van der Waals surface area contributed by atoms with E-state index in [2.05, 4.69) is 13.8 Å². The quantitative estimate of drug-likeness (QED) is 0.792. The molecule has 2 saturated heterocycles. The van der Waals surface area contributed by atoms with Crippen molar-refractivity contribution in [3.05, 3.63) is 35.6 Å². The van der Waals surface area contributed by atoms with Gasteiger partial charge in [0.25, 0.3) is 5.91 Å². The van der Waals surface area contributed by atoms with E-state index in [0.29, 0.717) is 43.2 Å². The lowest BCUT2D eigenvalue weighted by Gasteiger charge is -2.36. The molecule has 2 unspecified atom stereocenters. The van der Waals surface area contributed by atoms with E-state index >= 15 is 0 Å². The third kappa shape index (κ3) is 4.91. The summed E-state index contributed by atoms with van der Waals surface area (Å²) in [5.74, 6) is -0.328. The van der Waals surface area contributed by atoms with Crippen LogP contribution in [0, 0.1) is 17.7 Å². The maximum Gasteiger partial charge on any atom is 0.255 e. The Bertz CT molecular complexity index is 763. The van der Waals surface area contributed by atoms with Gasteiger partial charge in [0.1, 0.15) is 11.9 Å². The van der Waals surface area contributed by atoms with Gasteiger partial charge in [0.15, 0.2) is 0 Å². The average Bonchev–Trinajstić information content (AvgIpc) is 3.10. The molecule has 2 N–H and O–H groups in total. The van der Waals surface area contributed by atoms with Crippen molar-refractivity contribution in [1.82, 2.24) is 9.80 Å². The summed E-state index contributed by atoms with van der Waals surface area (Å²) in [4.78, 5) is 41.3. The fraction of sp³-hybridized carbons (Fsp3) is 0.571. The Kier molecular flexibility index (Phi) is 6.82. The van der Waals surface area contributed by atoms with Crippen LogP contribution in [0.3, 0.4) is 0 Å². The molecule has 0 aliphatic carbocycles. The number of likely N-dealkylation sites (tertiary alicyclic amines) is 1. The molecule has 0 aromatic heterocycles. The highest BCUT2D eigenvalue weighted by molar-refractivity contribution is 8.00. The van der Waals surface area contributed by atoms with Crippen molar-refractivity contribution in [1.29, 1.82) is 0 Å². The monoisotopic (exact) mass is 421 g/mol. The Morgan fingerprint density at radius 2 is 1.79 bits per heavy atom. The highest BCUT2D eigenvalue weighted by atomic mass is 32.2. The number of carbonyl (C=O) groups is 3. The molecular weight excluding hydrogens is 393 g/mol. The molecule has 0 radical (unpaired) electrons. The van der Waals surface area contributed by atoms with Gasteiger partial charge in [-0.25, -0.2) is 4.39 Å². The van der Waals surface area contributed by atoms with E-state index in [0.717, 1.165) is 6.42 Å². The molecule has 3 amide bonds. The van der Waals surface area contributed by atoms with Gasteiger partial charge in [0, 0.05) is 30.3 Å². The Balaban J connectivity index is 1.78. The number of nitrogens with two attached hydrogens (primary N) is 1. The zero-order valence-electron chi connectivity index (χ0n) is 16.8. The maximum absolute atomic E-state index is 13.3. The SMILES string of the molecule is CC(C)CC1SCC(C(=O)N2CCC(C(N)=O)CC2)N1C(=O)c1ccc(F)cc1. The van der Waals surface area contributed by atoms with Gasteiger partial charge < -0.3 is 15.5 Å². The summed E-state index contributed by atoms with van der Waals surface area (Å²) in [7, 11) is 0. The van der Waals surface area contributed by atoms with Crippen LogP contribution in [0.5, 0.6) is 0 Å². The molecule has 2 aliphatic rings. The summed E-state index contributed by atoms with van der Waals surface area (Å²) < 4.78 is 13.3. The zero-order chi connectivity index (χ0) is 21.1. The van der Waals surface area contributed by atoms with Gasteiger partial charge in [-0.05, 0) is 49.4 Å². The predicted molar refractivity (Wildman–Crippen MR) is 111 cm³/mol. The Hall–Kier alpha value is -2.09. The molecule has 3 rings (SSSR count). The second kappa shape index (κ2) is 9.15. The average molecular weight is 422 g/mol. The van der Waals surface area contributed by atoms with Crippen molar-refractivity contribution in [3.63, 3.8) is 0 Å². The molecule has 0 saturated carbocycles. The highest BCUT2D eigenvalue weighted by Crippen LogP contribution is 2.36. The van der Waals surface area contributed by atoms with E-state index in [4.69, 9.17) is 5.73 Å². The largest absolute Gasteiger partial charge is 0.369 e. The second-order valence-corrected chi connectivity index (χ2v) is 9.37. The molecule has 6 nitrogen and oxygen atoms in total. The third-order valence-corrected chi connectivity index (χ3v) is 6.90. The zero-order valence-corrected chi connectivity index (χ0v) is 17.7. The molecule has 2 aliphatic heterocycles. The molecule has 0 bridgehead atoms. The van der Waals surface area contributed by atoms with Crippen molar-refractivity contribution in [2.24, 2.45) is 17.6 Å². The van der Waals surface area contributed by atoms with Crippen molar-refractivity contribution in [2.45, 2.75) is 44.5 Å². The molecule has 2 heterocycles. The van der Waals surface area contributed by atoms with Crippen LogP contribution < -0.4 is 5.73 Å². The molecule has 2 fully saturated rings. The van der Waals surface area contributed by atoms with Crippen LogP contribution in [0.4, 0.5) is 4.39 Å². The predicted octanol–water partition coefficient (Wildman–Crippen LogP) is 2.48. The van der Waals surface area contributed by atoms with Crippen molar-refractivity contribution < 1.29 is 18.8 Å². The molecule has 29 heavy (non-hydrogen) atoms. The lowest BCUT2D eigenvalue weighted by atomic mass is 9.96. The number of piperidine rings is 1. The summed E-state index contributed by atoms with van der Waals surface area (Å²) in [6.45, 7) is 5.12. The first-order chi connectivity index (χ1) is 13.8. The molecule has 158 valence electrons. The lowest BCUT2D eigenvalue weighted by molar-refractivity contribution is -0.138. The third-order valence-electron chi connectivity index (χ3n) is 5.59. The van der Waals surface area contributed by atoms with E-state index in [9.17, 15) is 18.8 Å². The van der Waals surface area contributed by atoms with Gasteiger partial charge in [-0.2, -0.15) is 0 Å². The number of benzene rings is 1. The van der Waals surface area contributed by atoms with Gasteiger partial charge in [-0.1, -0.05) is 13.8 Å². The Labute approximate surface area is 175 Å². The summed E-state index contributed by atoms with van der Waals surface area (Å²) in [6.07, 6.45) is 1.90. The topological polar surface area (TPSA) is 83.7 Å². The fourth-order valence-corrected chi connectivity index (χ4v) is 5.58. The van der Waals surface area contributed by atoms with Crippen LogP contribution in [0.15, 0.2) is 24.3 Å². The molecular formula is C21H28FN3O3S. The lowest BCUT2D eigenvalue weighted by Crippen LogP contribution is -2.53. The van der Waals surface area contributed by atoms with Crippen molar-refractivity contribution in [2.75, 3.05) is 18.8 Å². The van der Waals surface area contributed by atoms with E-state index in [1.165, 1.54) is 24.3 Å². The van der Waals surface area contributed by atoms with Crippen LogP contribution in [0.25, 0.3) is 0 Å². The smallest absolute Gasteiger partial charge is 0.255 e. The van der Waals surface area contributed by atoms with Gasteiger partial charge in [-0.3, -0.25) is 14.4 Å². The number of amides is 3. The summed E-state index contributed by atoms with van der Waals surface area (Å²) in [5, 5.41) is -0.0929. The number of carbonyl (C=O) groups excluding carboxylic acids is 3. The van der Waals surface area contributed by atoms with Crippen molar-refractivity contribution >= 4 is 29.5 Å². The van der Waals surface area contributed by atoms with Gasteiger partial charge in [0.05, 0.1) is 5.37 Å². The first kappa shape index (κ1) is 21.6. The van der Waals surface area contributed by atoms with E-state index in [1.807, 2.05) is 0 Å². The van der Waals surface area contributed by atoms with Crippen LogP contribution in [0.1, 0.15) is 43.5 Å². The van der Waals surface area contributed by atoms with E-state index in [1.54, 1.807) is 21.6 Å².